The van der Waals surface area contributed by atoms with E-state index in [9.17, 15) is 4.79 Å². The van der Waals surface area contributed by atoms with Crippen molar-refractivity contribution < 1.29 is 28.4 Å². The summed E-state index contributed by atoms with van der Waals surface area (Å²) in [5, 5.41) is 0. The van der Waals surface area contributed by atoms with E-state index >= 15 is 0 Å². The van der Waals surface area contributed by atoms with Gasteiger partial charge in [0.25, 0.3) is 6.01 Å². The maximum Gasteiger partial charge on any atom is 0.567 e. The molecular formula is C10H14N4O7P+. The second-order valence-electron chi connectivity index (χ2n) is 4.76. The Bertz CT molecular complexity index is 739. The summed E-state index contributed by atoms with van der Waals surface area (Å²) in [6.45, 7) is -0.169. The van der Waals surface area contributed by atoms with Crippen molar-refractivity contribution in [1.82, 2.24) is 14.5 Å². The molecule has 2 aromatic rings. The van der Waals surface area contributed by atoms with Crippen molar-refractivity contribution in [2.45, 2.75) is 25.2 Å². The van der Waals surface area contributed by atoms with Gasteiger partial charge in [0.15, 0.2) is 11.2 Å². The molecule has 1 saturated heterocycles. The minimum absolute atomic E-state index is 0.0449. The summed E-state index contributed by atoms with van der Waals surface area (Å²) in [7, 11) is -4.28. The van der Waals surface area contributed by atoms with Crippen LogP contribution in [0.3, 0.4) is 0 Å². The number of hydrogen-bond donors (Lipinski definition) is 4. The summed E-state index contributed by atoms with van der Waals surface area (Å²) in [5.74, 6) is 0. The van der Waals surface area contributed by atoms with Crippen LogP contribution >= 0.6 is 8.17 Å². The van der Waals surface area contributed by atoms with Crippen LogP contribution in [0.5, 0.6) is 0 Å². The van der Waals surface area contributed by atoms with Crippen molar-refractivity contribution in [3.05, 3.63) is 16.7 Å². The van der Waals surface area contributed by atoms with E-state index in [-0.39, 0.29) is 23.8 Å². The molecule has 1 fully saturated rings. The minimum Gasteiger partial charge on any atom is -0.388 e. The maximum absolute atomic E-state index is 11.6. The van der Waals surface area contributed by atoms with Crippen LogP contribution in [-0.4, -0.2) is 41.9 Å². The lowest BCUT2D eigenvalue weighted by Gasteiger charge is -2.14. The highest BCUT2D eigenvalue weighted by molar-refractivity contribution is 7.53. The van der Waals surface area contributed by atoms with E-state index < -0.39 is 26.1 Å². The third kappa shape index (κ3) is 3.09. The van der Waals surface area contributed by atoms with Crippen LogP contribution in [0.4, 0.5) is 6.01 Å². The fourth-order valence-electron chi connectivity index (χ4n) is 2.29. The highest BCUT2D eigenvalue weighted by Crippen LogP contribution is 2.46. The van der Waals surface area contributed by atoms with Gasteiger partial charge >= 0.3 is 13.8 Å². The summed E-state index contributed by atoms with van der Waals surface area (Å²) in [4.78, 5) is 45.8. The first-order valence-corrected chi connectivity index (χ1v) is 7.90. The molecule has 0 aliphatic carbocycles. The monoisotopic (exact) mass is 333 g/mol. The molecule has 0 aromatic carbocycles. The molecule has 0 saturated carbocycles. The Balaban J connectivity index is 1.77. The van der Waals surface area contributed by atoms with E-state index in [1.807, 2.05) is 0 Å². The largest absolute Gasteiger partial charge is 0.567 e. The molecule has 0 bridgehead atoms. The lowest BCUT2D eigenvalue weighted by molar-refractivity contribution is -0.0234. The van der Waals surface area contributed by atoms with Crippen LogP contribution in [0.2, 0.25) is 0 Å². The van der Waals surface area contributed by atoms with Crippen molar-refractivity contribution in [2.75, 3.05) is 12.3 Å². The average Bonchev–Trinajstić information content (AvgIpc) is 3.01. The molecule has 5 N–H and O–H groups in total. The van der Waals surface area contributed by atoms with E-state index in [4.69, 9.17) is 25.2 Å². The molecule has 1 aliphatic rings. The highest BCUT2D eigenvalue weighted by Gasteiger charge is 2.37. The second kappa shape index (κ2) is 5.54. The number of rotatable bonds is 4. The van der Waals surface area contributed by atoms with Gasteiger partial charge in [0.1, 0.15) is 12.8 Å². The van der Waals surface area contributed by atoms with Crippen LogP contribution in [-0.2, 0) is 9.26 Å². The standard InChI is InChI=1S/C10H13N4O7P/c11-10-13-8-7(9(15)21-10)12-4-14(8)6-2-1-5(20-6)3-19-22(16,17)18/h4-6,16-18H,1-3H2,(H-,11,13,15)/p+1. The summed E-state index contributed by atoms with van der Waals surface area (Å²) in [5.41, 5.74) is 5.02. The molecule has 2 unspecified atom stereocenters. The number of hydrogen-bond acceptors (Lipinski definition) is 10. The summed E-state index contributed by atoms with van der Waals surface area (Å²) < 4.78 is 16.4. The van der Waals surface area contributed by atoms with Crippen molar-refractivity contribution in [2.24, 2.45) is 0 Å². The van der Waals surface area contributed by atoms with Crippen LogP contribution in [0.1, 0.15) is 19.1 Å². The van der Waals surface area contributed by atoms with Gasteiger partial charge in [-0.3, -0.25) is 4.57 Å². The molecule has 0 amide bonds. The molecule has 3 heterocycles. The summed E-state index contributed by atoms with van der Waals surface area (Å²) >= 11 is 0. The fourth-order valence-corrected chi connectivity index (χ4v) is 2.65. The number of nitrogens with zero attached hydrogens (tertiary/aromatic N) is 3. The zero-order valence-corrected chi connectivity index (χ0v) is 12.1. The van der Waals surface area contributed by atoms with Gasteiger partial charge in [0.2, 0.25) is 0 Å². The molecule has 0 spiro atoms. The van der Waals surface area contributed by atoms with Crippen molar-refractivity contribution >= 4 is 25.3 Å². The predicted molar refractivity (Wildman–Crippen MR) is 73.1 cm³/mol. The topological polar surface area (TPSA) is 166 Å². The van der Waals surface area contributed by atoms with Gasteiger partial charge < -0.3 is 14.9 Å². The molecule has 22 heavy (non-hydrogen) atoms. The molecule has 1 aliphatic heterocycles. The van der Waals surface area contributed by atoms with Crippen molar-refractivity contribution in [1.29, 1.82) is 0 Å². The van der Waals surface area contributed by atoms with Crippen molar-refractivity contribution in [3.8, 4) is 0 Å². The highest BCUT2D eigenvalue weighted by atomic mass is 31.2. The normalized spacial score (nSPS) is 22.5. The third-order valence-electron chi connectivity index (χ3n) is 3.20. The van der Waals surface area contributed by atoms with Crippen LogP contribution in [0.15, 0.2) is 15.5 Å². The quantitative estimate of drug-likeness (QED) is 0.526. The number of ether oxygens (including phenoxy) is 1. The molecular weight excluding hydrogens is 319 g/mol. The Labute approximate surface area is 123 Å². The lowest BCUT2D eigenvalue weighted by atomic mass is 10.2. The van der Waals surface area contributed by atoms with E-state index in [2.05, 4.69) is 18.9 Å². The van der Waals surface area contributed by atoms with Crippen LogP contribution in [0, 0.1) is 0 Å². The number of aromatic nitrogens is 3. The average molecular weight is 333 g/mol. The zero-order valence-electron chi connectivity index (χ0n) is 11.2. The Kier molecular flexibility index (Phi) is 3.85. The van der Waals surface area contributed by atoms with Gasteiger partial charge in [0.05, 0.1) is 12.4 Å². The Morgan fingerprint density at radius 3 is 2.95 bits per heavy atom. The molecule has 0 radical (unpaired) electrons. The van der Waals surface area contributed by atoms with Gasteiger partial charge in [-0.05, 0) is 12.8 Å². The first-order chi connectivity index (χ1) is 10.3. The van der Waals surface area contributed by atoms with Gasteiger partial charge in [-0.1, -0.05) is 0 Å². The number of nitrogens with two attached hydrogens (primary N) is 1. The zero-order chi connectivity index (χ0) is 15.9. The number of anilines is 1. The molecule has 3 rings (SSSR count). The summed E-state index contributed by atoms with van der Waals surface area (Å²) in [6, 6.07) is -0.271. The van der Waals surface area contributed by atoms with E-state index in [1.54, 1.807) is 4.57 Å². The van der Waals surface area contributed by atoms with Crippen LogP contribution < -0.4 is 11.4 Å². The Morgan fingerprint density at radius 2 is 2.23 bits per heavy atom. The predicted octanol–water partition coefficient (Wildman–Crippen LogP) is -0.685. The van der Waals surface area contributed by atoms with Crippen LogP contribution in [0.25, 0.3) is 11.2 Å². The van der Waals surface area contributed by atoms with Crippen molar-refractivity contribution in [3.63, 3.8) is 0 Å². The third-order valence-corrected chi connectivity index (χ3v) is 3.70. The summed E-state index contributed by atoms with van der Waals surface area (Å²) in [6.07, 6.45) is 1.61. The Hall–Kier alpha value is -1.62. The minimum atomic E-state index is -4.28. The van der Waals surface area contributed by atoms with Gasteiger partial charge in [0, 0.05) is 0 Å². The van der Waals surface area contributed by atoms with E-state index in [1.165, 1.54) is 6.33 Å². The molecule has 120 valence electrons. The van der Waals surface area contributed by atoms with Gasteiger partial charge in [-0.2, -0.15) is 24.2 Å². The van der Waals surface area contributed by atoms with Gasteiger partial charge in [-0.15, -0.1) is 0 Å². The fraction of sp³-hybridized carbons (Fsp3) is 0.500. The Morgan fingerprint density at radius 1 is 1.45 bits per heavy atom. The molecule has 12 heteroatoms. The maximum atomic E-state index is 11.6. The van der Waals surface area contributed by atoms with E-state index in [0.29, 0.717) is 12.8 Å². The molecule has 11 nitrogen and oxygen atoms in total. The number of fused-ring (bicyclic) bond motifs is 1. The van der Waals surface area contributed by atoms with E-state index in [0.717, 1.165) is 0 Å². The molecule has 2 aromatic heterocycles. The lowest BCUT2D eigenvalue weighted by Crippen LogP contribution is -2.17. The smallest absolute Gasteiger partial charge is 0.388 e. The number of nitrogen functional groups attached to an aromatic ring is 1. The first-order valence-electron chi connectivity index (χ1n) is 6.34. The second-order valence-corrected chi connectivity index (χ2v) is 6.05. The SMILES string of the molecule is Nc1nc2c(ncn2C2CCC(CO[P+](O)(O)O)O2)c(=O)o1. The molecule has 2 atom stereocenters. The first kappa shape index (κ1) is 15.3. The van der Waals surface area contributed by atoms with Gasteiger partial charge in [-0.25, -0.2) is 9.78 Å². The number of imidazole rings is 1.